The van der Waals surface area contributed by atoms with Gasteiger partial charge in [-0.05, 0) is 33.7 Å². The molecule has 1 unspecified atom stereocenters. The second-order valence-corrected chi connectivity index (χ2v) is 4.89. The first-order chi connectivity index (χ1) is 6.55. The molecule has 0 aromatic heterocycles. The van der Waals surface area contributed by atoms with Gasteiger partial charge in [-0.15, -0.1) is 12.3 Å². The molecule has 0 saturated carbocycles. The number of hydrogen-bond donors (Lipinski definition) is 1. The number of hydrogen-bond acceptors (Lipinski definition) is 2. The highest BCUT2D eigenvalue weighted by molar-refractivity contribution is 4.91. The fourth-order valence-electron chi connectivity index (χ4n) is 1.96. The average Bonchev–Trinajstić information content (AvgIpc) is 2.11. The predicted molar refractivity (Wildman–Crippen MR) is 61.2 cm³/mol. The van der Waals surface area contributed by atoms with E-state index >= 15 is 0 Å². The highest BCUT2D eigenvalue weighted by Gasteiger charge is 2.29. The minimum Gasteiger partial charge on any atom is -0.309 e. The highest BCUT2D eigenvalue weighted by atomic mass is 15.2. The van der Waals surface area contributed by atoms with Gasteiger partial charge in [0.05, 0.1) is 0 Å². The molecule has 1 heterocycles. The van der Waals surface area contributed by atoms with Crippen molar-refractivity contribution in [1.29, 1.82) is 0 Å². The summed E-state index contributed by atoms with van der Waals surface area (Å²) >= 11 is 0. The van der Waals surface area contributed by atoms with Crippen LogP contribution < -0.4 is 5.32 Å². The van der Waals surface area contributed by atoms with Gasteiger partial charge in [0.1, 0.15) is 0 Å². The lowest BCUT2D eigenvalue weighted by Gasteiger charge is -2.43. The quantitative estimate of drug-likeness (QED) is 0.541. The van der Waals surface area contributed by atoms with Crippen molar-refractivity contribution in [2.75, 3.05) is 19.6 Å². The van der Waals surface area contributed by atoms with Gasteiger partial charge in [0, 0.05) is 31.1 Å². The molecule has 0 amide bonds. The summed E-state index contributed by atoms with van der Waals surface area (Å²) in [6.07, 6.45) is 7.27. The van der Waals surface area contributed by atoms with Crippen LogP contribution >= 0.6 is 0 Å². The molecular formula is C12H22N2. The third-order valence-corrected chi connectivity index (χ3v) is 2.86. The van der Waals surface area contributed by atoms with Crippen molar-refractivity contribution in [2.24, 2.45) is 0 Å². The van der Waals surface area contributed by atoms with Crippen LogP contribution in [0.3, 0.4) is 0 Å². The van der Waals surface area contributed by atoms with Crippen molar-refractivity contribution in [1.82, 2.24) is 10.2 Å². The van der Waals surface area contributed by atoms with Crippen molar-refractivity contribution in [3.8, 4) is 12.3 Å². The van der Waals surface area contributed by atoms with Gasteiger partial charge in [-0.25, -0.2) is 0 Å². The molecular weight excluding hydrogens is 172 g/mol. The first-order valence-electron chi connectivity index (χ1n) is 5.48. The van der Waals surface area contributed by atoms with Gasteiger partial charge in [-0.1, -0.05) is 0 Å². The molecule has 0 radical (unpaired) electrons. The first kappa shape index (κ1) is 11.6. The Bertz CT molecular complexity index is 215. The largest absolute Gasteiger partial charge is 0.309 e. The molecule has 0 aromatic rings. The van der Waals surface area contributed by atoms with Crippen LogP contribution in [0.1, 0.15) is 33.6 Å². The predicted octanol–water partition coefficient (Wildman–Crippen LogP) is 1.47. The van der Waals surface area contributed by atoms with Gasteiger partial charge >= 0.3 is 0 Å². The van der Waals surface area contributed by atoms with Crippen LogP contribution in [0.2, 0.25) is 0 Å². The molecule has 2 heteroatoms. The van der Waals surface area contributed by atoms with Crippen molar-refractivity contribution >= 4 is 0 Å². The molecule has 0 bridgehead atoms. The van der Waals surface area contributed by atoms with E-state index in [2.05, 4.69) is 36.9 Å². The second kappa shape index (κ2) is 4.82. The summed E-state index contributed by atoms with van der Waals surface area (Å²) in [7, 11) is 0. The monoisotopic (exact) mass is 194 g/mol. The minimum absolute atomic E-state index is 0.253. The van der Waals surface area contributed by atoms with E-state index in [0.29, 0.717) is 6.04 Å². The molecule has 1 saturated heterocycles. The molecule has 0 aromatic carbocycles. The Morgan fingerprint density at radius 3 is 2.93 bits per heavy atom. The van der Waals surface area contributed by atoms with Crippen LogP contribution in [0.15, 0.2) is 0 Å². The smallest absolute Gasteiger partial charge is 0.0252 e. The van der Waals surface area contributed by atoms with E-state index in [-0.39, 0.29) is 5.54 Å². The molecule has 0 aliphatic carbocycles. The Kier molecular flexibility index (Phi) is 3.97. The van der Waals surface area contributed by atoms with Crippen LogP contribution in [-0.2, 0) is 0 Å². The number of nitrogens with zero attached hydrogens (tertiary/aromatic N) is 1. The fraction of sp³-hybridized carbons (Fsp3) is 0.833. The third-order valence-electron chi connectivity index (χ3n) is 2.86. The summed E-state index contributed by atoms with van der Waals surface area (Å²) < 4.78 is 0. The van der Waals surface area contributed by atoms with Crippen molar-refractivity contribution in [3.63, 3.8) is 0 Å². The van der Waals surface area contributed by atoms with Gasteiger partial charge in [-0.3, -0.25) is 4.90 Å². The van der Waals surface area contributed by atoms with Gasteiger partial charge in [0.15, 0.2) is 0 Å². The van der Waals surface area contributed by atoms with Gasteiger partial charge < -0.3 is 5.32 Å². The number of piperazine rings is 1. The van der Waals surface area contributed by atoms with E-state index in [1.54, 1.807) is 0 Å². The maximum absolute atomic E-state index is 5.25. The first-order valence-corrected chi connectivity index (χ1v) is 5.48. The molecule has 1 rings (SSSR count). The Hall–Kier alpha value is -0.520. The Labute approximate surface area is 88.1 Å². The standard InChI is InChI=1S/C12H22N2/c1-5-6-7-8-14-10-12(3,4)13-9-11(14)2/h1,11,13H,6-10H2,2-4H3. The number of unbranched alkanes of at least 4 members (excludes halogenated alkanes) is 1. The van der Waals surface area contributed by atoms with E-state index in [9.17, 15) is 0 Å². The lowest BCUT2D eigenvalue weighted by molar-refractivity contribution is 0.104. The third kappa shape index (κ3) is 3.32. The minimum atomic E-state index is 0.253. The molecule has 1 N–H and O–H groups in total. The summed E-state index contributed by atoms with van der Waals surface area (Å²) in [6.45, 7) is 10.1. The average molecular weight is 194 g/mol. The van der Waals surface area contributed by atoms with E-state index in [1.165, 1.54) is 0 Å². The Morgan fingerprint density at radius 1 is 1.57 bits per heavy atom. The molecule has 2 nitrogen and oxygen atoms in total. The number of terminal acetylenes is 1. The van der Waals surface area contributed by atoms with Gasteiger partial charge in [-0.2, -0.15) is 0 Å². The van der Waals surface area contributed by atoms with Gasteiger partial charge in [0.2, 0.25) is 0 Å². The zero-order valence-corrected chi connectivity index (χ0v) is 9.64. The van der Waals surface area contributed by atoms with Crippen LogP contribution in [0, 0.1) is 12.3 Å². The lowest BCUT2D eigenvalue weighted by Crippen LogP contribution is -2.60. The molecule has 1 aliphatic rings. The fourth-order valence-corrected chi connectivity index (χ4v) is 1.96. The topological polar surface area (TPSA) is 15.3 Å². The zero-order valence-electron chi connectivity index (χ0n) is 9.64. The molecule has 1 atom stereocenters. The summed E-state index contributed by atoms with van der Waals surface area (Å²) in [6, 6.07) is 0.640. The maximum atomic E-state index is 5.25. The van der Waals surface area contributed by atoms with Crippen LogP contribution in [0.4, 0.5) is 0 Å². The van der Waals surface area contributed by atoms with Crippen LogP contribution in [0.25, 0.3) is 0 Å². The van der Waals surface area contributed by atoms with Crippen LogP contribution in [-0.4, -0.2) is 36.1 Å². The second-order valence-electron chi connectivity index (χ2n) is 4.89. The SMILES string of the molecule is C#CCCCN1CC(C)(C)NCC1C. The summed E-state index contributed by atoms with van der Waals surface area (Å²) in [5.74, 6) is 2.70. The summed E-state index contributed by atoms with van der Waals surface area (Å²) in [5.41, 5.74) is 0.253. The number of nitrogens with one attached hydrogen (secondary N) is 1. The maximum Gasteiger partial charge on any atom is 0.0252 e. The van der Waals surface area contributed by atoms with E-state index in [1.807, 2.05) is 0 Å². The highest BCUT2D eigenvalue weighted by Crippen LogP contribution is 2.15. The lowest BCUT2D eigenvalue weighted by atomic mass is 9.99. The summed E-state index contributed by atoms with van der Waals surface area (Å²) in [4.78, 5) is 2.54. The van der Waals surface area contributed by atoms with E-state index in [0.717, 1.165) is 32.5 Å². The normalized spacial score (nSPS) is 27.1. The Balaban J connectivity index is 2.38. The van der Waals surface area contributed by atoms with Crippen molar-refractivity contribution in [3.05, 3.63) is 0 Å². The van der Waals surface area contributed by atoms with Crippen LogP contribution in [0.5, 0.6) is 0 Å². The zero-order chi connectivity index (χ0) is 10.6. The van der Waals surface area contributed by atoms with Gasteiger partial charge in [0.25, 0.3) is 0 Å². The van der Waals surface area contributed by atoms with Crippen molar-refractivity contribution < 1.29 is 0 Å². The van der Waals surface area contributed by atoms with Crippen molar-refractivity contribution in [2.45, 2.75) is 45.2 Å². The molecule has 0 spiro atoms. The Morgan fingerprint density at radius 2 is 2.29 bits per heavy atom. The van der Waals surface area contributed by atoms with E-state index in [4.69, 9.17) is 6.42 Å². The van der Waals surface area contributed by atoms with E-state index < -0.39 is 0 Å². The molecule has 1 fully saturated rings. The molecule has 14 heavy (non-hydrogen) atoms. The number of rotatable bonds is 3. The molecule has 80 valence electrons. The summed E-state index contributed by atoms with van der Waals surface area (Å²) in [5, 5.41) is 3.55. The molecule has 1 aliphatic heterocycles.